The molecule has 0 saturated heterocycles. The average molecular weight is 365 g/mol. The minimum atomic E-state index is 0.0355. The molecule has 0 fully saturated rings. The Morgan fingerprint density at radius 2 is 1.73 bits per heavy atom. The lowest BCUT2D eigenvalue weighted by atomic mass is 10.1. The first-order valence-corrected chi connectivity index (χ1v) is 10.9. The molecule has 2 unspecified atom stereocenters. The summed E-state index contributed by atoms with van der Waals surface area (Å²) in [6.45, 7) is 10.9. The van der Waals surface area contributed by atoms with Crippen molar-refractivity contribution in [2.24, 2.45) is 4.99 Å². The summed E-state index contributed by atoms with van der Waals surface area (Å²) in [5.41, 5.74) is 0. The van der Waals surface area contributed by atoms with E-state index in [0.29, 0.717) is 0 Å². The van der Waals surface area contributed by atoms with Gasteiger partial charge in [0.05, 0.1) is 13.1 Å². The van der Waals surface area contributed by atoms with Gasteiger partial charge in [-0.25, -0.2) is 4.99 Å². The summed E-state index contributed by atoms with van der Waals surface area (Å²) >= 11 is 0. The predicted molar refractivity (Wildman–Crippen MR) is 112 cm³/mol. The molecule has 0 aromatic rings. The maximum atomic E-state index is 11.5. The van der Waals surface area contributed by atoms with Gasteiger partial charge in [-0.2, -0.15) is 0 Å². The van der Waals surface area contributed by atoms with Crippen molar-refractivity contribution < 1.29 is 9.28 Å². The zero-order chi connectivity index (χ0) is 19.3. The maximum absolute atomic E-state index is 11.5. The zero-order valence-electron chi connectivity index (χ0n) is 17.7. The van der Waals surface area contributed by atoms with Gasteiger partial charge in [0.15, 0.2) is 6.17 Å². The van der Waals surface area contributed by atoms with Crippen molar-refractivity contribution in [3.63, 3.8) is 0 Å². The number of likely N-dealkylation sites (N-methyl/N-ethyl adjacent to an activating group) is 1. The minimum absolute atomic E-state index is 0.0355. The second-order valence-electron chi connectivity index (χ2n) is 7.71. The van der Waals surface area contributed by atoms with Crippen LogP contribution in [0.25, 0.3) is 0 Å². The number of carbonyl (C=O) groups is 1. The van der Waals surface area contributed by atoms with Crippen molar-refractivity contribution in [2.75, 3.05) is 19.6 Å². The van der Waals surface area contributed by atoms with E-state index in [1.165, 1.54) is 57.8 Å². The highest BCUT2D eigenvalue weighted by atomic mass is 16.1. The van der Waals surface area contributed by atoms with Crippen molar-refractivity contribution in [2.45, 2.75) is 98.1 Å². The Hall–Kier alpha value is -1.16. The van der Waals surface area contributed by atoms with E-state index in [-0.39, 0.29) is 12.1 Å². The summed E-state index contributed by atoms with van der Waals surface area (Å²) in [4.78, 5) is 16.2. The topological polar surface area (TPSA) is 41.5 Å². The number of carbonyl (C=O) groups excluding carboxylic acids is 1. The Morgan fingerprint density at radius 3 is 2.31 bits per heavy atom. The first kappa shape index (κ1) is 22.9. The molecule has 0 aliphatic carbocycles. The van der Waals surface area contributed by atoms with Crippen LogP contribution in [0, 0.1) is 0 Å². The molecule has 1 rings (SSSR count). The standard InChI is InChI=1S/C22H41N3O/c1-5-7-8-9-10-11-12-13-14-15-16-17-22-23-18-19-25(22,6-2)20(3)24-21(4)26/h16-17,20H,5-15,18-19H2,1-4H3/p+1/b17-16+. The van der Waals surface area contributed by atoms with E-state index in [4.69, 9.17) is 4.99 Å². The molecule has 4 heteroatoms. The van der Waals surface area contributed by atoms with Crippen molar-refractivity contribution in [1.29, 1.82) is 0 Å². The van der Waals surface area contributed by atoms with Gasteiger partial charge in [-0.1, -0.05) is 64.4 Å². The molecular weight excluding hydrogens is 322 g/mol. The Bertz CT molecular complexity index is 458. The van der Waals surface area contributed by atoms with Crippen molar-refractivity contribution in [3.8, 4) is 0 Å². The number of allylic oxidation sites excluding steroid dienone is 1. The molecule has 26 heavy (non-hydrogen) atoms. The molecule has 1 aliphatic heterocycles. The van der Waals surface area contributed by atoms with E-state index in [1.807, 2.05) is 0 Å². The molecule has 0 radical (unpaired) electrons. The Kier molecular flexibility index (Phi) is 11.5. The van der Waals surface area contributed by atoms with Gasteiger partial charge < -0.3 is 5.32 Å². The fourth-order valence-corrected chi connectivity index (χ4v) is 3.96. The zero-order valence-corrected chi connectivity index (χ0v) is 17.7. The number of hydrogen-bond acceptors (Lipinski definition) is 2. The van der Waals surface area contributed by atoms with Gasteiger partial charge in [0.25, 0.3) is 0 Å². The molecule has 1 heterocycles. The van der Waals surface area contributed by atoms with Crippen LogP contribution in [0.4, 0.5) is 0 Å². The van der Waals surface area contributed by atoms with Crippen LogP contribution in [0.2, 0.25) is 0 Å². The Labute approximate surface area is 161 Å². The third-order valence-corrected chi connectivity index (χ3v) is 5.69. The summed E-state index contributed by atoms with van der Waals surface area (Å²) in [6, 6.07) is 0. The fraction of sp³-hybridized carbons (Fsp3) is 0.818. The van der Waals surface area contributed by atoms with Gasteiger partial charge in [-0.3, -0.25) is 9.28 Å². The van der Waals surface area contributed by atoms with Crippen molar-refractivity contribution >= 4 is 11.7 Å². The van der Waals surface area contributed by atoms with Gasteiger partial charge in [0, 0.05) is 19.9 Å². The summed E-state index contributed by atoms with van der Waals surface area (Å²) < 4.78 is 0.772. The number of aliphatic imine (C=N–C) groups is 1. The van der Waals surface area contributed by atoms with Crippen molar-refractivity contribution in [3.05, 3.63) is 12.2 Å². The molecule has 2 atom stereocenters. The van der Waals surface area contributed by atoms with E-state index >= 15 is 0 Å². The smallest absolute Gasteiger partial charge is 0.224 e. The van der Waals surface area contributed by atoms with Crippen LogP contribution in [-0.4, -0.2) is 42.0 Å². The van der Waals surface area contributed by atoms with E-state index in [1.54, 1.807) is 6.92 Å². The first-order chi connectivity index (χ1) is 12.6. The number of unbranched alkanes of at least 4 members (excludes halogenated alkanes) is 9. The number of amidine groups is 1. The highest BCUT2D eigenvalue weighted by Crippen LogP contribution is 2.20. The van der Waals surface area contributed by atoms with Crippen LogP contribution < -0.4 is 5.32 Å². The number of quaternary nitrogens is 1. The number of nitrogens with one attached hydrogen (secondary N) is 1. The largest absolute Gasteiger partial charge is 0.307 e. The molecule has 4 nitrogen and oxygen atoms in total. The van der Waals surface area contributed by atoms with Crippen LogP contribution in [0.5, 0.6) is 0 Å². The minimum Gasteiger partial charge on any atom is -0.307 e. The van der Waals surface area contributed by atoms with Crippen LogP contribution in [0.3, 0.4) is 0 Å². The van der Waals surface area contributed by atoms with Gasteiger partial charge in [0.1, 0.15) is 6.54 Å². The van der Waals surface area contributed by atoms with E-state index < -0.39 is 0 Å². The number of hydrogen-bond donors (Lipinski definition) is 1. The van der Waals surface area contributed by atoms with Crippen LogP contribution in [0.1, 0.15) is 91.9 Å². The number of amides is 1. The first-order valence-electron chi connectivity index (χ1n) is 10.9. The molecule has 150 valence electrons. The number of nitrogens with zero attached hydrogens (tertiary/aromatic N) is 2. The molecule has 0 bridgehead atoms. The van der Waals surface area contributed by atoms with Crippen LogP contribution in [-0.2, 0) is 4.79 Å². The summed E-state index contributed by atoms with van der Waals surface area (Å²) in [5.74, 6) is 1.16. The molecule has 0 aromatic heterocycles. The third-order valence-electron chi connectivity index (χ3n) is 5.69. The molecule has 0 aromatic carbocycles. The maximum Gasteiger partial charge on any atom is 0.224 e. The molecule has 1 N–H and O–H groups in total. The normalized spacial score (nSPS) is 21.2. The Balaban J connectivity index is 2.28. The molecule has 1 aliphatic rings. The Morgan fingerprint density at radius 1 is 1.12 bits per heavy atom. The quantitative estimate of drug-likeness (QED) is 0.334. The van der Waals surface area contributed by atoms with Gasteiger partial charge in [-0.05, 0) is 19.8 Å². The second kappa shape index (κ2) is 13.1. The highest BCUT2D eigenvalue weighted by molar-refractivity contribution is 5.88. The highest BCUT2D eigenvalue weighted by Gasteiger charge is 2.40. The summed E-state index contributed by atoms with van der Waals surface area (Å²) in [7, 11) is 0. The van der Waals surface area contributed by atoms with Crippen molar-refractivity contribution in [1.82, 2.24) is 5.32 Å². The monoisotopic (exact) mass is 364 g/mol. The molecule has 0 saturated carbocycles. The van der Waals surface area contributed by atoms with Gasteiger partial charge in [0.2, 0.25) is 11.7 Å². The van der Waals surface area contributed by atoms with E-state index in [0.717, 1.165) is 36.4 Å². The van der Waals surface area contributed by atoms with Gasteiger partial charge in [-0.15, -0.1) is 0 Å². The average Bonchev–Trinajstić information content (AvgIpc) is 3.03. The second-order valence-corrected chi connectivity index (χ2v) is 7.71. The van der Waals surface area contributed by atoms with Gasteiger partial charge >= 0.3 is 0 Å². The fourth-order valence-electron chi connectivity index (χ4n) is 3.96. The SMILES string of the molecule is CCCCCCCCCCC/C=C/C1=NCC[N+]1(CC)C(C)NC(C)=O. The van der Waals surface area contributed by atoms with E-state index in [2.05, 4.69) is 38.2 Å². The summed E-state index contributed by atoms with van der Waals surface area (Å²) in [5, 5.41) is 3.07. The van der Waals surface area contributed by atoms with Crippen LogP contribution >= 0.6 is 0 Å². The van der Waals surface area contributed by atoms with E-state index in [9.17, 15) is 4.79 Å². The lowest BCUT2D eigenvalue weighted by molar-refractivity contribution is -0.859. The third kappa shape index (κ3) is 7.61. The van der Waals surface area contributed by atoms with Crippen LogP contribution in [0.15, 0.2) is 17.1 Å². The molecule has 1 amide bonds. The number of rotatable bonds is 14. The molecular formula is C22H42N3O+. The molecule has 0 spiro atoms. The lowest BCUT2D eigenvalue weighted by Gasteiger charge is -2.38. The predicted octanol–water partition coefficient (Wildman–Crippen LogP) is 5.19. The lowest BCUT2D eigenvalue weighted by Crippen LogP contribution is -2.62. The summed E-state index contributed by atoms with van der Waals surface area (Å²) in [6.07, 6.45) is 18.0.